The van der Waals surface area contributed by atoms with E-state index >= 15 is 0 Å². The molecule has 0 saturated carbocycles. The summed E-state index contributed by atoms with van der Waals surface area (Å²) in [4.78, 5) is 4.05. The Labute approximate surface area is 126 Å². The maximum Gasteiger partial charge on any atom is 0.142 e. The fourth-order valence-electron chi connectivity index (χ4n) is 1.96. The van der Waals surface area contributed by atoms with Gasteiger partial charge in [-0.1, -0.05) is 15.9 Å². The fraction of sp³-hybridized carbons (Fsp3) is 0.267. The number of anilines is 1. The minimum atomic E-state index is -0.142. The third-order valence-electron chi connectivity index (χ3n) is 3.23. The number of halogens is 1. The summed E-state index contributed by atoms with van der Waals surface area (Å²) in [7, 11) is 0. The molecule has 3 N–H and O–H groups in total. The normalized spacial score (nSPS) is 10.6. The number of rotatable bonds is 4. The van der Waals surface area contributed by atoms with Gasteiger partial charge in [-0.05, 0) is 37.6 Å². The number of nitrogens with one attached hydrogen (secondary N) is 1. The van der Waals surface area contributed by atoms with E-state index in [4.69, 9.17) is 0 Å². The summed E-state index contributed by atoms with van der Waals surface area (Å²) in [5, 5.41) is 22.6. The summed E-state index contributed by atoms with van der Waals surface area (Å²) in [5.74, 6) is 0.137. The van der Waals surface area contributed by atoms with E-state index in [1.165, 1.54) is 0 Å². The first kappa shape index (κ1) is 14.8. The molecule has 0 bridgehead atoms. The predicted octanol–water partition coefficient (Wildman–Crippen LogP) is 3.27. The van der Waals surface area contributed by atoms with Crippen LogP contribution in [0.5, 0.6) is 5.75 Å². The van der Waals surface area contributed by atoms with Gasteiger partial charge in [-0.2, -0.15) is 0 Å². The van der Waals surface area contributed by atoms with Crippen LogP contribution in [0.15, 0.2) is 28.9 Å². The molecule has 0 aliphatic carbocycles. The molecule has 0 saturated heterocycles. The molecule has 0 aliphatic rings. The molecule has 0 amide bonds. The number of aliphatic hydroxyl groups is 1. The van der Waals surface area contributed by atoms with Crippen LogP contribution in [0, 0.1) is 13.8 Å². The Morgan fingerprint density at radius 1 is 1.30 bits per heavy atom. The zero-order chi connectivity index (χ0) is 14.7. The van der Waals surface area contributed by atoms with Crippen LogP contribution in [-0.4, -0.2) is 15.2 Å². The Morgan fingerprint density at radius 2 is 2.05 bits per heavy atom. The van der Waals surface area contributed by atoms with Crippen LogP contribution in [-0.2, 0) is 13.2 Å². The highest BCUT2D eigenvalue weighted by Gasteiger charge is 2.11. The topological polar surface area (TPSA) is 65.4 Å². The monoisotopic (exact) mass is 336 g/mol. The van der Waals surface area contributed by atoms with Crippen molar-refractivity contribution in [2.24, 2.45) is 0 Å². The molecule has 2 rings (SSSR count). The Balaban J connectivity index is 2.22. The van der Waals surface area contributed by atoms with E-state index < -0.39 is 0 Å². The summed E-state index contributed by atoms with van der Waals surface area (Å²) in [6.07, 6.45) is 1.60. The molecule has 4 nitrogen and oxygen atoms in total. The molecule has 0 atom stereocenters. The van der Waals surface area contributed by atoms with Gasteiger partial charge in [0.2, 0.25) is 0 Å². The maximum absolute atomic E-state index is 10.1. The van der Waals surface area contributed by atoms with E-state index in [0.717, 1.165) is 15.7 Å². The summed E-state index contributed by atoms with van der Waals surface area (Å²) in [6.45, 7) is 4.05. The second-order valence-electron chi connectivity index (χ2n) is 4.67. The first-order chi connectivity index (χ1) is 9.52. The number of nitrogens with zero attached hydrogens (tertiary/aromatic N) is 1. The number of aromatic hydroxyl groups is 1. The van der Waals surface area contributed by atoms with Crippen LogP contribution in [0.2, 0.25) is 0 Å². The van der Waals surface area contributed by atoms with Crippen molar-refractivity contribution in [3.63, 3.8) is 0 Å². The summed E-state index contributed by atoms with van der Waals surface area (Å²) >= 11 is 3.46. The van der Waals surface area contributed by atoms with Gasteiger partial charge in [0.1, 0.15) is 5.75 Å². The van der Waals surface area contributed by atoms with Crippen LogP contribution in [0.1, 0.15) is 22.4 Å². The van der Waals surface area contributed by atoms with Gasteiger partial charge in [0.25, 0.3) is 0 Å². The first-order valence-corrected chi connectivity index (χ1v) is 7.09. The van der Waals surface area contributed by atoms with Crippen LogP contribution < -0.4 is 5.32 Å². The van der Waals surface area contributed by atoms with Gasteiger partial charge >= 0.3 is 0 Å². The average Bonchev–Trinajstić information content (AvgIpc) is 2.44. The third kappa shape index (κ3) is 3.11. The number of aromatic nitrogens is 1. The SMILES string of the molecule is Cc1cc(NCc2c(CO)cnc(C)c2O)ccc1Br. The third-order valence-corrected chi connectivity index (χ3v) is 4.12. The molecule has 2 aromatic rings. The molecular weight excluding hydrogens is 320 g/mol. The van der Waals surface area contributed by atoms with E-state index in [2.05, 4.69) is 26.2 Å². The molecule has 20 heavy (non-hydrogen) atoms. The molecular formula is C15H17BrN2O2. The van der Waals surface area contributed by atoms with Crippen molar-refractivity contribution in [1.29, 1.82) is 0 Å². The average molecular weight is 337 g/mol. The zero-order valence-corrected chi connectivity index (χ0v) is 13.0. The molecule has 0 unspecified atom stereocenters. The summed E-state index contributed by atoms with van der Waals surface area (Å²) < 4.78 is 1.06. The Morgan fingerprint density at radius 3 is 2.70 bits per heavy atom. The Bertz CT molecular complexity index is 630. The smallest absolute Gasteiger partial charge is 0.142 e. The molecule has 0 aliphatic heterocycles. The number of hydrogen-bond donors (Lipinski definition) is 3. The van der Waals surface area contributed by atoms with E-state index in [-0.39, 0.29) is 12.4 Å². The van der Waals surface area contributed by atoms with Gasteiger partial charge in [-0.25, -0.2) is 0 Å². The van der Waals surface area contributed by atoms with Crippen molar-refractivity contribution in [3.05, 3.63) is 51.3 Å². The molecule has 0 fully saturated rings. The van der Waals surface area contributed by atoms with Gasteiger partial charge in [0, 0.05) is 34.0 Å². The fourth-order valence-corrected chi connectivity index (χ4v) is 2.21. The number of aliphatic hydroxyl groups excluding tert-OH is 1. The van der Waals surface area contributed by atoms with Crippen molar-refractivity contribution in [2.45, 2.75) is 27.0 Å². The van der Waals surface area contributed by atoms with Crippen molar-refractivity contribution >= 4 is 21.6 Å². The number of hydrogen-bond acceptors (Lipinski definition) is 4. The van der Waals surface area contributed by atoms with Gasteiger partial charge in [0.05, 0.1) is 12.3 Å². The second kappa shape index (κ2) is 6.24. The van der Waals surface area contributed by atoms with Crippen molar-refractivity contribution in [1.82, 2.24) is 4.98 Å². The molecule has 1 aromatic carbocycles. The highest BCUT2D eigenvalue weighted by Crippen LogP contribution is 2.26. The minimum absolute atomic E-state index is 0.137. The van der Waals surface area contributed by atoms with E-state index in [1.807, 2.05) is 25.1 Å². The highest BCUT2D eigenvalue weighted by atomic mass is 79.9. The molecule has 5 heteroatoms. The van der Waals surface area contributed by atoms with Gasteiger partial charge < -0.3 is 15.5 Å². The lowest BCUT2D eigenvalue weighted by molar-refractivity contribution is 0.279. The molecule has 0 radical (unpaired) electrons. The number of benzene rings is 1. The van der Waals surface area contributed by atoms with E-state index in [1.54, 1.807) is 13.1 Å². The van der Waals surface area contributed by atoms with Crippen LogP contribution in [0.4, 0.5) is 5.69 Å². The van der Waals surface area contributed by atoms with E-state index in [0.29, 0.717) is 23.4 Å². The predicted molar refractivity (Wildman–Crippen MR) is 82.8 cm³/mol. The largest absolute Gasteiger partial charge is 0.506 e. The standard InChI is InChI=1S/C15H17BrN2O2/c1-9-5-12(3-4-14(9)16)18-7-13-11(8-19)6-17-10(2)15(13)20/h3-6,18-20H,7-8H2,1-2H3. The van der Waals surface area contributed by atoms with E-state index in [9.17, 15) is 10.2 Å². The van der Waals surface area contributed by atoms with Crippen LogP contribution in [0.3, 0.4) is 0 Å². The van der Waals surface area contributed by atoms with Gasteiger partial charge in [-0.15, -0.1) is 0 Å². The summed E-state index contributed by atoms with van der Waals surface area (Å²) in [6, 6.07) is 5.96. The lowest BCUT2D eigenvalue weighted by Gasteiger charge is -2.13. The quantitative estimate of drug-likeness (QED) is 0.801. The van der Waals surface area contributed by atoms with Gasteiger partial charge in [-0.3, -0.25) is 4.98 Å². The van der Waals surface area contributed by atoms with Crippen LogP contribution in [0.25, 0.3) is 0 Å². The highest BCUT2D eigenvalue weighted by molar-refractivity contribution is 9.10. The maximum atomic E-state index is 10.1. The minimum Gasteiger partial charge on any atom is -0.506 e. The molecule has 1 aromatic heterocycles. The van der Waals surface area contributed by atoms with Crippen molar-refractivity contribution in [2.75, 3.05) is 5.32 Å². The zero-order valence-electron chi connectivity index (χ0n) is 11.4. The lowest BCUT2D eigenvalue weighted by atomic mass is 10.1. The van der Waals surface area contributed by atoms with Crippen molar-refractivity contribution in [3.8, 4) is 5.75 Å². The lowest BCUT2D eigenvalue weighted by Crippen LogP contribution is -2.05. The van der Waals surface area contributed by atoms with Crippen LogP contribution >= 0.6 is 15.9 Å². The number of pyridine rings is 1. The van der Waals surface area contributed by atoms with Gasteiger partial charge in [0.15, 0.2) is 0 Å². The molecule has 1 heterocycles. The first-order valence-electron chi connectivity index (χ1n) is 6.30. The summed E-state index contributed by atoms with van der Waals surface area (Å²) in [5.41, 5.74) is 3.97. The Hall–Kier alpha value is -1.59. The number of aryl methyl sites for hydroxylation is 2. The van der Waals surface area contributed by atoms with Crippen molar-refractivity contribution < 1.29 is 10.2 Å². The second-order valence-corrected chi connectivity index (χ2v) is 5.53. The Kier molecular flexibility index (Phi) is 4.62. The molecule has 106 valence electrons. The molecule has 0 spiro atoms.